The lowest BCUT2D eigenvalue weighted by Crippen LogP contribution is -2.30. The first-order valence-corrected chi connectivity index (χ1v) is 5.13. The van der Waals surface area contributed by atoms with Gasteiger partial charge in [-0.25, -0.2) is 4.39 Å². The maximum atomic E-state index is 13.2. The largest absolute Gasteiger partial charge is 0.479 e. The zero-order valence-corrected chi connectivity index (χ0v) is 8.70. The number of ether oxygens (including phenoxy) is 1. The van der Waals surface area contributed by atoms with Gasteiger partial charge in [-0.3, -0.25) is 4.79 Å². The molecule has 1 aromatic rings. The van der Waals surface area contributed by atoms with E-state index in [-0.39, 0.29) is 30.0 Å². The van der Waals surface area contributed by atoms with Gasteiger partial charge >= 0.3 is 0 Å². The number of halogens is 1. The van der Waals surface area contributed by atoms with Crippen molar-refractivity contribution in [2.75, 3.05) is 12.3 Å². The molecule has 0 atom stereocenters. The van der Waals surface area contributed by atoms with Gasteiger partial charge in [0.25, 0.3) is 5.91 Å². The summed E-state index contributed by atoms with van der Waals surface area (Å²) in [5, 5.41) is 2.74. The second kappa shape index (κ2) is 4.38. The monoisotopic (exact) mass is 224 g/mol. The molecule has 0 saturated heterocycles. The maximum absolute atomic E-state index is 13.2. The van der Waals surface area contributed by atoms with Crippen molar-refractivity contribution in [3.63, 3.8) is 0 Å². The number of hydrogen-bond donors (Lipinski definition) is 2. The molecule has 86 valence electrons. The topological polar surface area (TPSA) is 64.3 Å². The van der Waals surface area contributed by atoms with E-state index in [0.29, 0.717) is 0 Å². The van der Waals surface area contributed by atoms with Gasteiger partial charge in [-0.1, -0.05) is 6.07 Å². The summed E-state index contributed by atoms with van der Waals surface area (Å²) in [6.45, 7) is -0.207. The average molecular weight is 224 g/mol. The molecule has 0 heterocycles. The van der Waals surface area contributed by atoms with Crippen molar-refractivity contribution in [1.29, 1.82) is 0 Å². The second-order valence-corrected chi connectivity index (χ2v) is 3.79. The van der Waals surface area contributed by atoms with Crippen LogP contribution in [0.5, 0.6) is 5.75 Å². The highest BCUT2D eigenvalue weighted by Gasteiger charge is 2.23. The van der Waals surface area contributed by atoms with E-state index in [1.54, 1.807) is 0 Å². The van der Waals surface area contributed by atoms with E-state index in [4.69, 9.17) is 10.5 Å². The molecule has 1 aliphatic rings. The molecule has 4 nitrogen and oxygen atoms in total. The first-order valence-electron chi connectivity index (χ1n) is 5.13. The van der Waals surface area contributed by atoms with Gasteiger partial charge in [-0.15, -0.1) is 0 Å². The van der Waals surface area contributed by atoms with E-state index in [1.807, 2.05) is 0 Å². The van der Waals surface area contributed by atoms with Crippen LogP contribution in [-0.4, -0.2) is 18.6 Å². The quantitative estimate of drug-likeness (QED) is 0.752. The summed E-state index contributed by atoms with van der Waals surface area (Å²) >= 11 is 0. The number of para-hydroxylation sites is 1. The Hall–Kier alpha value is -1.78. The number of nitrogens with one attached hydrogen (secondary N) is 1. The zero-order valence-electron chi connectivity index (χ0n) is 8.70. The van der Waals surface area contributed by atoms with Crippen molar-refractivity contribution in [2.24, 2.45) is 0 Å². The highest BCUT2D eigenvalue weighted by Crippen LogP contribution is 2.24. The van der Waals surface area contributed by atoms with Crippen LogP contribution in [0.15, 0.2) is 18.2 Å². The van der Waals surface area contributed by atoms with E-state index < -0.39 is 5.82 Å². The number of nitrogens with two attached hydrogens (primary N) is 1. The molecule has 0 spiro atoms. The SMILES string of the molecule is Nc1cccc(F)c1OCC(=O)NC1CC1. The molecule has 16 heavy (non-hydrogen) atoms. The summed E-state index contributed by atoms with van der Waals surface area (Å²) in [6, 6.07) is 4.53. The van der Waals surface area contributed by atoms with Crippen LogP contribution >= 0.6 is 0 Å². The van der Waals surface area contributed by atoms with Crippen LogP contribution in [0.4, 0.5) is 10.1 Å². The van der Waals surface area contributed by atoms with Gasteiger partial charge < -0.3 is 15.8 Å². The predicted molar refractivity (Wildman–Crippen MR) is 57.5 cm³/mol. The molecule has 1 aromatic carbocycles. The van der Waals surface area contributed by atoms with Crippen LogP contribution in [0, 0.1) is 5.82 Å². The minimum Gasteiger partial charge on any atom is -0.479 e. The van der Waals surface area contributed by atoms with Crippen molar-refractivity contribution in [3.8, 4) is 5.75 Å². The minimum absolute atomic E-state index is 0.0616. The van der Waals surface area contributed by atoms with Crippen molar-refractivity contribution in [3.05, 3.63) is 24.0 Å². The Morgan fingerprint density at radius 3 is 2.94 bits per heavy atom. The third kappa shape index (κ3) is 2.62. The molecular weight excluding hydrogens is 211 g/mol. The van der Waals surface area contributed by atoms with Crippen LogP contribution in [0.1, 0.15) is 12.8 Å². The van der Waals surface area contributed by atoms with Gasteiger partial charge in [0.1, 0.15) is 0 Å². The summed E-state index contributed by atoms with van der Waals surface area (Å²) in [5.74, 6) is -0.863. The lowest BCUT2D eigenvalue weighted by atomic mass is 10.3. The van der Waals surface area contributed by atoms with Crippen LogP contribution in [0.2, 0.25) is 0 Å². The number of nitrogen functional groups attached to an aromatic ring is 1. The van der Waals surface area contributed by atoms with Gasteiger partial charge in [-0.2, -0.15) is 0 Å². The fourth-order valence-electron chi connectivity index (χ4n) is 1.31. The van der Waals surface area contributed by atoms with Gasteiger partial charge in [-0.05, 0) is 25.0 Å². The summed E-state index contributed by atoms with van der Waals surface area (Å²) < 4.78 is 18.3. The Bertz CT molecular complexity index is 385. The highest BCUT2D eigenvalue weighted by atomic mass is 19.1. The predicted octanol–water partition coefficient (Wildman–Crippen LogP) is 1.07. The molecular formula is C11H13FN2O2. The van der Waals surface area contributed by atoms with Gasteiger partial charge in [0.2, 0.25) is 0 Å². The van der Waals surface area contributed by atoms with Crippen molar-refractivity contribution in [2.45, 2.75) is 18.9 Å². The lowest BCUT2D eigenvalue weighted by molar-refractivity contribution is -0.123. The number of carbonyl (C=O) groups is 1. The minimum atomic E-state index is -0.556. The first-order chi connectivity index (χ1) is 7.66. The fraction of sp³-hybridized carbons (Fsp3) is 0.364. The van der Waals surface area contributed by atoms with Gasteiger partial charge in [0, 0.05) is 6.04 Å². The number of anilines is 1. The Morgan fingerprint density at radius 2 is 2.31 bits per heavy atom. The fourth-order valence-corrected chi connectivity index (χ4v) is 1.31. The molecule has 1 aliphatic carbocycles. The van der Waals surface area contributed by atoms with Gasteiger partial charge in [0.15, 0.2) is 18.2 Å². The van der Waals surface area contributed by atoms with E-state index in [2.05, 4.69) is 5.32 Å². The van der Waals surface area contributed by atoms with Gasteiger partial charge in [0.05, 0.1) is 5.69 Å². The van der Waals surface area contributed by atoms with Crippen molar-refractivity contribution >= 4 is 11.6 Å². The molecule has 1 saturated carbocycles. The molecule has 1 fully saturated rings. The number of carbonyl (C=O) groups excluding carboxylic acids is 1. The molecule has 5 heteroatoms. The molecule has 0 aliphatic heterocycles. The number of amides is 1. The first kappa shape index (κ1) is 10.7. The van der Waals surface area contributed by atoms with E-state index in [9.17, 15) is 9.18 Å². The van der Waals surface area contributed by atoms with E-state index >= 15 is 0 Å². The second-order valence-electron chi connectivity index (χ2n) is 3.79. The summed E-state index contributed by atoms with van der Waals surface area (Å²) in [5.41, 5.74) is 5.72. The van der Waals surface area contributed by atoms with E-state index in [1.165, 1.54) is 18.2 Å². The number of benzene rings is 1. The molecule has 0 unspecified atom stereocenters. The van der Waals surface area contributed by atoms with Crippen molar-refractivity contribution in [1.82, 2.24) is 5.32 Å². The Balaban J connectivity index is 1.90. The number of rotatable bonds is 4. The zero-order chi connectivity index (χ0) is 11.5. The summed E-state index contributed by atoms with van der Waals surface area (Å²) in [6.07, 6.45) is 2.02. The molecule has 1 amide bonds. The smallest absolute Gasteiger partial charge is 0.258 e. The molecule has 3 N–H and O–H groups in total. The normalized spacial score (nSPS) is 14.6. The standard InChI is InChI=1S/C11H13FN2O2/c12-8-2-1-3-9(13)11(8)16-6-10(15)14-7-4-5-7/h1-3,7H,4-6,13H2,(H,14,15). The summed E-state index contributed by atoms with van der Waals surface area (Å²) in [4.78, 5) is 11.3. The third-order valence-corrected chi connectivity index (χ3v) is 2.29. The lowest BCUT2D eigenvalue weighted by Gasteiger charge is -2.09. The maximum Gasteiger partial charge on any atom is 0.258 e. The molecule has 0 aromatic heterocycles. The van der Waals surface area contributed by atoms with Crippen LogP contribution in [0.3, 0.4) is 0 Å². The third-order valence-electron chi connectivity index (χ3n) is 2.29. The Morgan fingerprint density at radius 1 is 1.56 bits per heavy atom. The average Bonchev–Trinajstić information content (AvgIpc) is 3.01. The molecule has 0 radical (unpaired) electrons. The summed E-state index contributed by atoms with van der Waals surface area (Å²) in [7, 11) is 0. The Kier molecular flexibility index (Phi) is 2.94. The Labute approximate surface area is 92.6 Å². The number of hydrogen-bond acceptors (Lipinski definition) is 3. The van der Waals surface area contributed by atoms with Crippen molar-refractivity contribution < 1.29 is 13.9 Å². The highest BCUT2D eigenvalue weighted by molar-refractivity contribution is 5.78. The molecule has 0 bridgehead atoms. The van der Waals surface area contributed by atoms with Crippen LogP contribution in [-0.2, 0) is 4.79 Å². The van der Waals surface area contributed by atoms with Crippen LogP contribution < -0.4 is 15.8 Å². The molecule has 2 rings (SSSR count). The van der Waals surface area contributed by atoms with Crippen LogP contribution in [0.25, 0.3) is 0 Å². The van der Waals surface area contributed by atoms with E-state index in [0.717, 1.165) is 12.8 Å².